The Labute approximate surface area is 172 Å². The van der Waals surface area contributed by atoms with Gasteiger partial charge in [-0.05, 0) is 55.3 Å². The Morgan fingerprint density at radius 1 is 1.17 bits per heavy atom. The molecule has 1 N–H and O–H groups in total. The van der Waals surface area contributed by atoms with Crippen LogP contribution in [0.4, 0.5) is 17.6 Å². The molecule has 8 heteroatoms. The molecule has 0 spiro atoms. The Bertz CT molecular complexity index is 868. The highest BCUT2D eigenvalue weighted by Gasteiger charge is 2.34. The van der Waals surface area contributed by atoms with Crippen LogP contribution in [0.3, 0.4) is 0 Å². The van der Waals surface area contributed by atoms with Gasteiger partial charge in [0.15, 0.2) is 0 Å². The minimum atomic E-state index is -4.55. The molecule has 0 saturated carbocycles. The lowest BCUT2D eigenvalue weighted by Crippen LogP contribution is -2.35. The van der Waals surface area contributed by atoms with Gasteiger partial charge in [-0.2, -0.15) is 13.2 Å². The van der Waals surface area contributed by atoms with E-state index in [0.29, 0.717) is 38.4 Å². The average molecular weight is 424 g/mol. The van der Waals surface area contributed by atoms with Crippen molar-refractivity contribution in [2.24, 2.45) is 0 Å². The van der Waals surface area contributed by atoms with Crippen LogP contribution >= 0.6 is 0 Å². The van der Waals surface area contributed by atoms with E-state index in [0.717, 1.165) is 23.4 Å². The van der Waals surface area contributed by atoms with Crippen LogP contribution in [0, 0.1) is 5.82 Å². The quantitative estimate of drug-likeness (QED) is 0.500. The Hall–Kier alpha value is -2.61. The zero-order chi connectivity index (χ0) is 21.7. The first-order valence-electron chi connectivity index (χ1n) is 9.76. The van der Waals surface area contributed by atoms with Crippen molar-refractivity contribution in [3.63, 3.8) is 0 Å². The third-order valence-electron chi connectivity index (χ3n) is 5.31. The summed E-state index contributed by atoms with van der Waals surface area (Å²) in [4.78, 5) is 13.7. The summed E-state index contributed by atoms with van der Waals surface area (Å²) in [5.41, 5.74) is 0.0562. The van der Waals surface area contributed by atoms with Crippen molar-refractivity contribution in [3.8, 4) is 5.75 Å². The average Bonchev–Trinajstić information content (AvgIpc) is 3.06. The van der Waals surface area contributed by atoms with Crippen molar-refractivity contribution >= 4 is 5.91 Å². The summed E-state index contributed by atoms with van der Waals surface area (Å²) in [5, 5.41) is 3.30. The van der Waals surface area contributed by atoms with Gasteiger partial charge in [0.25, 0.3) is 0 Å². The first-order valence-corrected chi connectivity index (χ1v) is 9.76. The highest BCUT2D eigenvalue weighted by Crippen LogP contribution is 2.32. The molecule has 2 aromatic carbocycles. The minimum absolute atomic E-state index is 0.115. The summed E-state index contributed by atoms with van der Waals surface area (Å²) in [5.74, 6) is -0.119. The molecule has 1 amide bonds. The van der Waals surface area contributed by atoms with Crippen LogP contribution in [-0.4, -0.2) is 30.5 Å². The van der Waals surface area contributed by atoms with E-state index in [1.807, 2.05) is 24.3 Å². The number of carbonyl (C=O) groups is 1. The summed E-state index contributed by atoms with van der Waals surface area (Å²) in [6, 6.07) is 9.84. The Balaban J connectivity index is 1.56. The van der Waals surface area contributed by atoms with Gasteiger partial charge in [-0.3, -0.25) is 4.79 Å². The number of hydrogen-bond acceptors (Lipinski definition) is 3. The molecule has 4 nitrogen and oxygen atoms in total. The van der Waals surface area contributed by atoms with Crippen LogP contribution in [0.25, 0.3) is 0 Å². The van der Waals surface area contributed by atoms with E-state index in [-0.39, 0.29) is 24.1 Å². The SMILES string of the molecule is COc1ccc(CNCC[C@@H]2CCC(=O)N2Cc2cc(C(F)(F)F)ccc2F)cc1. The van der Waals surface area contributed by atoms with Gasteiger partial charge in [-0.1, -0.05) is 12.1 Å². The van der Waals surface area contributed by atoms with Crippen LogP contribution in [0.15, 0.2) is 42.5 Å². The lowest BCUT2D eigenvalue weighted by Gasteiger charge is -2.25. The smallest absolute Gasteiger partial charge is 0.416 e. The normalized spacial score (nSPS) is 16.9. The lowest BCUT2D eigenvalue weighted by atomic mass is 10.1. The molecule has 1 saturated heterocycles. The Morgan fingerprint density at radius 3 is 2.57 bits per heavy atom. The van der Waals surface area contributed by atoms with Crippen LogP contribution in [-0.2, 0) is 24.1 Å². The summed E-state index contributed by atoms with van der Waals surface area (Å²) < 4.78 is 58.0. The van der Waals surface area contributed by atoms with Gasteiger partial charge in [-0.15, -0.1) is 0 Å². The molecule has 2 aromatic rings. The van der Waals surface area contributed by atoms with E-state index >= 15 is 0 Å². The first kappa shape index (κ1) is 22.1. The standard InChI is InChI=1S/C22H24F4N2O2/c1-30-19-6-2-15(3-7-19)13-27-11-10-18-5-9-21(29)28(18)14-16-12-17(22(24,25)26)4-8-20(16)23/h2-4,6-8,12,18,27H,5,9-11,13-14H2,1H3/t18-/m0/s1. The molecule has 162 valence electrons. The van der Waals surface area contributed by atoms with Crippen LogP contribution in [0.1, 0.15) is 36.0 Å². The maximum absolute atomic E-state index is 14.1. The van der Waals surface area contributed by atoms with Crippen LogP contribution in [0.2, 0.25) is 0 Å². The molecule has 0 aliphatic carbocycles. The number of methoxy groups -OCH3 is 1. The second-order valence-corrected chi connectivity index (χ2v) is 7.33. The Kier molecular flexibility index (Phi) is 6.97. The van der Waals surface area contributed by atoms with Gasteiger partial charge in [0.1, 0.15) is 11.6 Å². The molecule has 0 unspecified atom stereocenters. The van der Waals surface area contributed by atoms with Crippen LogP contribution < -0.4 is 10.1 Å². The van der Waals surface area contributed by atoms with E-state index in [1.54, 1.807) is 7.11 Å². The van der Waals surface area contributed by atoms with Gasteiger partial charge in [0.05, 0.1) is 12.7 Å². The summed E-state index contributed by atoms with van der Waals surface area (Å²) in [6.07, 6.45) is -2.97. The molecular weight excluding hydrogens is 400 g/mol. The van der Waals surface area contributed by atoms with Gasteiger partial charge >= 0.3 is 6.18 Å². The Morgan fingerprint density at radius 2 is 1.90 bits per heavy atom. The number of hydrogen-bond donors (Lipinski definition) is 1. The molecule has 1 heterocycles. The third-order valence-corrected chi connectivity index (χ3v) is 5.31. The highest BCUT2D eigenvalue weighted by atomic mass is 19.4. The molecular formula is C22H24F4N2O2. The zero-order valence-electron chi connectivity index (χ0n) is 16.6. The number of likely N-dealkylation sites (tertiary alicyclic amines) is 1. The molecule has 1 atom stereocenters. The number of alkyl halides is 3. The zero-order valence-corrected chi connectivity index (χ0v) is 16.6. The van der Waals surface area contributed by atoms with Gasteiger partial charge < -0.3 is 15.0 Å². The fourth-order valence-corrected chi connectivity index (χ4v) is 3.61. The van der Waals surface area contributed by atoms with Gasteiger partial charge in [0, 0.05) is 31.1 Å². The van der Waals surface area contributed by atoms with Gasteiger partial charge in [0.2, 0.25) is 5.91 Å². The summed E-state index contributed by atoms with van der Waals surface area (Å²) in [6.45, 7) is 1.12. The number of benzene rings is 2. The number of ether oxygens (including phenoxy) is 1. The lowest BCUT2D eigenvalue weighted by molar-refractivity contribution is -0.137. The molecule has 1 fully saturated rings. The van der Waals surface area contributed by atoms with E-state index in [2.05, 4.69) is 5.32 Å². The number of halogens is 4. The minimum Gasteiger partial charge on any atom is -0.497 e. The molecule has 1 aliphatic rings. The molecule has 0 aromatic heterocycles. The predicted octanol–water partition coefficient (Wildman–Crippen LogP) is 4.52. The van der Waals surface area contributed by atoms with Crippen molar-refractivity contribution in [2.75, 3.05) is 13.7 Å². The van der Waals surface area contributed by atoms with E-state index in [1.165, 1.54) is 4.90 Å². The second kappa shape index (κ2) is 9.47. The second-order valence-electron chi connectivity index (χ2n) is 7.33. The number of carbonyl (C=O) groups excluding carboxylic acids is 1. The molecule has 0 radical (unpaired) electrons. The maximum Gasteiger partial charge on any atom is 0.416 e. The maximum atomic E-state index is 14.1. The van der Waals surface area contributed by atoms with E-state index in [4.69, 9.17) is 4.74 Å². The highest BCUT2D eigenvalue weighted by molar-refractivity contribution is 5.78. The number of nitrogens with zero attached hydrogens (tertiary/aromatic N) is 1. The third kappa shape index (κ3) is 5.50. The summed E-state index contributed by atoms with van der Waals surface area (Å²) >= 11 is 0. The van der Waals surface area contributed by atoms with Crippen LogP contribution in [0.5, 0.6) is 5.75 Å². The number of amides is 1. The first-order chi connectivity index (χ1) is 14.3. The van der Waals surface area contributed by atoms with E-state index < -0.39 is 17.6 Å². The van der Waals surface area contributed by atoms with Crippen molar-refractivity contribution < 1.29 is 27.1 Å². The predicted molar refractivity (Wildman–Crippen MR) is 104 cm³/mol. The fourth-order valence-electron chi connectivity index (χ4n) is 3.61. The van der Waals surface area contributed by atoms with Gasteiger partial charge in [-0.25, -0.2) is 4.39 Å². The van der Waals surface area contributed by atoms with Crippen molar-refractivity contribution in [1.29, 1.82) is 0 Å². The van der Waals surface area contributed by atoms with Crippen molar-refractivity contribution in [3.05, 3.63) is 65.0 Å². The fraction of sp³-hybridized carbons (Fsp3) is 0.409. The van der Waals surface area contributed by atoms with Crippen molar-refractivity contribution in [2.45, 2.75) is 44.6 Å². The molecule has 30 heavy (non-hydrogen) atoms. The van der Waals surface area contributed by atoms with E-state index in [9.17, 15) is 22.4 Å². The largest absolute Gasteiger partial charge is 0.497 e. The number of nitrogens with one attached hydrogen (secondary N) is 1. The number of rotatable bonds is 8. The molecule has 1 aliphatic heterocycles. The van der Waals surface area contributed by atoms with Crippen molar-refractivity contribution in [1.82, 2.24) is 10.2 Å². The topological polar surface area (TPSA) is 41.6 Å². The monoisotopic (exact) mass is 424 g/mol. The molecule has 3 rings (SSSR count). The molecule has 0 bridgehead atoms. The summed E-state index contributed by atoms with van der Waals surface area (Å²) in [7, 11) is 1.60.